The van der Waals surface area contributed by atoms with Crippen LogP contribution in [-0.4, -0.2) is 24.1 Å². The first-order valence-electron chi connectivity index (χ1n) is 8.32. The number of nitro benzene ring substituents is 1. The first-order valence-corrected chi connectivity index (χ1v) is 9.49. The van der Waals surface area contributed by atoms with Crippen molar-refractivity contribution in [3.05, 3.63) is 61.6 Å². The lowest BCUT2D eigenvalue weighted by Crippen LogP contribution is -2.20. The zero-order valence-corrected chi connectivity index (χ0v) is 17.4. The third-order valence-electron chi connectivity index (χ3n) is 3.74. The van der Waals surface area contributed by atoms with E-state index in [1.165, 1.54) is 30.3 Å². The smallest absolute Gasteiger partial charge is 0.387 e. The van der Waals surface area contributed by atoms with Crippen molar-refractivity contribution in [3.63, 3.8) is 0 Å². The lowest BCUT2D eigenvalue weighted by atomic mass is 10.0. The number of nitrogens with zero attached hydrogens (tertiary/aromatic N) is 1. The van der Waals surface area contributed by atoms with Crippen molar-refractivity contribution in [1.29, 1.82) is 0 Å². The average Bonchev–Trinajstić information content (AvgIpc) is 2.61. The molecule has 0 spiro atoms. The summed E-state index contributed by atoms with van der Waals surface area (Å²) >= 11 is 9.22. The molecule has 0 bridgehead atoms. The Morgan fingerprint density at radius 3 is 2.69 bits per heavy atom. The molecule has 0 heterocycles. The molecule has 0 saturated heterocycles. The lowest BCUT2D eigenvalue weighted by Gasteiger charge is -2.23. The predicted molar refractivity (Wildman–Crippen MR) is 106 cm³/mol. The Hall–Kier alpha value is -2.46. The highest BCUT2D eigenvalue weighted by Gasteiger charge is 2.27. The molecule has 0 aliphatic rings. The van der Waals surface area contributed by atoms with Crippen molar-refractivity contribution in [3.8, 4) is 5.75 Å². The molecule has 11 heteroatoms. The Morgan fingerprint density at radius 2 is 2.07 bits per heavy atom. The zero-order chi connectivity index (χ0) is 21.6. The highest BCUT2D eigenvalue weighted by atomic mass is 79.9. The van der Waals surface area contributed by atoms with E-state index in [2.05, 4.69) is 26.0 Å². The molecule has 1 atom stereocenters. The van der Waals surface area contributed by atoms with E-state index in [0.29, 0.717) is 4.47 Å². The molecular weight excluding hydrogens is 478 g/mol. The number of anilines is 1. The summed E-state index contributed by atoms with van der Waals surface area (Å²) < 4.78 is 35.6. The first-order chi connectivity index (χ1) is 13.7. The summed E-state index contributed by atoms with van der Waals surface area (Å²) in [6, 6.07) is 7.21. The third-order valence-corrected chi connectivity index (χ3v) is 4.67. The second-order valence-electron chi connectivity index (χ2n) is 5.65. The van der Waals surface area contributed by atoms with Gasteiger partial charge in [-0.05, 0) is 31.2 Å². The molecule has 0 aliphatic heterocycles. The monoisotopic (exact) mass is 492 g/mol. The summed E-state index contributed by atoms with van der Waals surface area (Å²) in [5.74, 6) is -0.825. The van der Waals surface area contributed by atoms with E-state index in [1.807, 2.05) is 0 Å². The van der Waals surface area contributed by atoms with Gasteiger partial charge in [-0.2, -0.15) is 8.78 Å². The Kier molecular flexibility index (Phi) is 8.15. The van der Waals surface area contributed by atoms with Crippen LogP contribution in [0, 0.1) is 10.1 Å². The number of hydrogen-bond acceptors (Lipinski definition) is 6. The normalized spacial score (nSPS) is 11.8. The van der Waals surface area contributed by atoms with Crippen LogP contribution in [0.4, 0.5) is 20.2 Å². The van der Waals surface area contributed by atoms with E-state index in [9.17, 15) is 23.7 Å². The lowest BCUT2D eigenvalue weighted by molar-refractivity contribution is -0.384. The maximum absolute atomic E-state index is 12.9. The Labute approximate surface area is 178 Å². The highest BCUT2D eigenvalue weighted by Crippen LogP contribution is 2.39. The van der Waals surface area contributed by atoms with Gasteiger partial charge in [0.2, 0.25) is 0 Å². The number of nitro groups is 1. The van der Waals surface area contributed by atoms with Gasteiger partial charge in [-0.25, -0.2) is 0 Å². The van der Waals surface area contributed by atoms with Crippen molar-refractivity contribution in [2.75, 3.05) is 11.9 Å². The number of alkyl halides is 2. The molecule has 7 nitrogen and oxygen atoms in total. The zero-order valence-electron chi connectivity index (χ0n) is 15.0. The van der Waals surface area contributed by atoms with Crippen LogP contribution in [0.25, 0.3) is 0 Å². The first kappa shape index (κ1) is 22.8. The van der Waals surface area contributed by atoms with Crippen LogP contribution in [-0.2, 0) is 9.53 Å². The second-order valence-corrected chi connectivity index (χ2v) is 6.95. The van der Waals surface area contributed by atoms with E-state index < -0.39 is 23.5 Å². The maximum atomic E-state index is 12.9. The summed E-state index contributed by atoms with van der Waals surface area (Å²) in [7, 11) is 0. The van der Waals surface area contributed by atoms with E-state index in [0.717, 1.165) is 0 Å². The van der Waals surface area contributed by atoms with Crippen LogP contribution < -0.4 is 10.1 Å². The van der Waals surface area contributed by atoms with E-state index in [4.69, 9.17) is 16.3 Å². The standard InChI is InChI=1S/C18H16BrClF2N2O5/c1-2-28-16(25)9-13(17-11(19)4-3-5-15(17)29-18(21)22)23-12-8-10(20)6-7-14(12)24(26)27/h3-8,13,18,23H,2,9H2,1H3/t13-/m1/s1. The highest BCUT2D eigenvalue weighted by molar-refractivity contribution is 9.10. The van der Waals surface area contributed by atoms with Crippen molar-refractivity contribution in [1.82, 2.24) is 0 Å². The number of carbonyl (C=O) groups is 1. The molecule has 0 amide bonds. The Bertz CT molecular complexity index is 901. The molecule has 156 valence electrons. The summed E-state index contributed by atoms with van der Waals surface area (Å²) in [4.78, 5) is 22.8. The quantitative estimate of drug-likeness (QED) is 0.273. The van der Waals surface area contributed by atoms with Crippen molar-refractivity contribution >= 4 is 44.9 Å². The topological polar surface area (TPSA) is 90.7 Å². The molecule has 29 heavy (non-hydrogen) atoms. The fourth-order valence-corrected chi connectivity index (χ4v) is 3.43. The summed E-state index contributed by atoms with van der Waals surface area (Å²) in [6.07, 6.45) is -0.306. The van der Waals surface area contributed by atoms with Crippen LogP contribution in [0.5, 0.6) is 5.75 Å². The number of benzene rings is 2. The van der Waals surface area contributed by atoms with Crippen molar-refractivity contribution in [2.45, 2.75) is 26.0 Å². The number of halogens is 4. The van der Waals surface area contributed by atoms with Gasteiger partial charge in [0.1, 0.15) is 11.4 Å². The molecule has 0 aromatic heterocycles. The number of rotatable bonds is 9. The van der Waals surface area contributed by atoms with Gasteiger partial charge in [-0.15, -0.1) is 0 Å². The fraction of sp³-hybridized carbons (Fsp3) is 0.278. The van der Waals surface area contributed by atoms with Gasteiger partial charge in [0, 0.05) is 21.1 Å². The van der Waals surface area contributed by atoms with Crippen molar-refractivity contribution in [2.24, 2.45) is 0 Å². The van der Waals surface area contributed by atoms with Crippen molar-refractivity contribution < 1.29 is 28.0 Å². The largest absolute Gasteiger partial charge is 0.466 e. The molecule has 0 radical (unpaired) electrons. The number of nitrogens with one attached hydrogen (secondary N) is 1. The van der Waals surface area contributed by atoms with Gasteiger partial charge >= 0.3 is 12.6 Å². The fourth-order valence-electron chi connectivity index (χ4n) is 2.64. The number of esters is 1. The summed E-state index contributed by atoms with van der Waals surface area (Å²) in [5.41, 5.74) is -0.114. The van der Waals surface area contributed by atoms with E-state index in [-0.39, 0.29) is 40.7 Å². The van der Waals surface area contributed by atoms with Crippen LogP contribution in [0.15, 0.2) is 40.9 Å². The minimum absolute atomic E-state index is 0.00977. The molecule has 0 aliphatic carbocycles. The van der Waals surface area contributed by atoms with Crippen LogP contribution in [0.1, 0.15) is 24.9 Å². The van der Waals surface area contributed by atoms with Crippen LogP contribution in [0.2, 0.25) is 5.02 Å². The molecule has 0 unspecified atom stereocenters. The van der Waals surface area contributed by atoms with Gasteiger partial charge in [0.15, 0.2) is 0 Å². The summed E-state index contributed by atoms with van der Waals surface area (Å²) in [6.45, 7) is -1.38. The molecule has 2 rings (SSSR count). The SMILES string of the molecule is CCOC(=O)C[C@@H](Nc1cc(Cl)ccc1[N+](=O)[O-])c1c(Br)cccc1OC(F)F. The number of ether oxygens (including phenoxy) is 2. The van der Waals surface area contributed by atoms with Crippen LogP contribution in [0.3, 0.4) is 0 Å². The van der Waals surface area contributed by atoms with Gasteiger partial charge in [0.25, 0.3) is 5.69 Å². The van der Waals surface area contributed by atoms with E-state index >= 15 is 0 Å². The maximum Gasteiger partial charge on any atom is 0.387 e. The minimum Gasteiger partial charge on any atom is -0.466 e. The summed E-state index contributed by atoms with van der Waals surface area (Å²) in [5, 5.41) is 14.4. The molecular formula is C18H16BrClF2N2O5. The molecule has 0 saturated carbocycles. The number of carbonyl (C=O) groups excluding carboxylic acids is 1. The number of hydrogen-bond donors (Lipinski definition) is 1. The van der Waals surface area contributed by atoms with Crippen LogP contribution >= 0.6 is 27.5 Å². The molecule has 2 aromatic rings. The van der Waals surface area contributed by atoms with Gasteiger partial charge in [-0.3, -0.25) is 14.9 Å². The predicted octanol–water partition coefficient (Wildman–Crippen LogP) is 5.72. The van der Waals surface area contributed by atoms with Gasteiger partial charge < -0.3 is 14.8 Å². The average molecular weight is 494 g/mol. The Balaban J connectivity index is 2.54. The van der Waals surface area contributed by atoms with Gasteiger partial charge in [0.05, 0.1) is 24.0 Å². The third kappa shape index (κ3) is 6.26. The molecule has 1 N–H and O–H groups in total. The minimum atomic E-state index is -3.10. The van der Waals surface area contributed by atoms with Gasteiger partial charge in [-0.1, -0.05) is 33.6 Å². The second kappa shape index (κ2) is 10.4. The Morgan fingerprint density at radius 1 is 1.34 bits per heavy atom. The molecule has 2 aromatic carbocycles. The molecule has 0 fully saturated rings. The van der Waals surface area contributed by atoms with E-state index in [1.54, 1.807) is 13.0 Å².